The zero-order valence-electron chi connectivity index (χ0n) is 18.8. The van der Waals surface area contributed by atoms with E-state index in [1.54, 1.807) is 12.1 Å². The summed E-state index contributed by atoms with van der Waals surface area (Å²) >= 11 is 0. The Bertz CT molecular complexity index is 880. The molecule has 0 saturated heterocycles. The van der Waals surface area contributed by atoms with Gasteiger partial charge < -0.3 is 10.2 Å². The summed E-state index contributed by atoms with van der Waals surface area (Å²) in [6.45, 7) is 3.66. The number of hydrogen-bond donors (Lipinski definition) is 2. The number of aryl methyl sites for hydroxylation is 2. The van der Waals surface area contributed by atoms with Gasteiger partial charge in [0, 0.05) is 11.1 Å². The van der Waals surface area contributed by atoms with Crippen LogP contribution in [0.15, 0.2) is 24.3 Å². The van der Waals surface area contributed by atoms with Crippen LogP contribution in [0.1, 0.15) is 73.6 Å². The van der Waals surface area contributed by atoms with Crippen molar-refractivity contribution in [3.8, 4) is 11.5 Å². The average Bonchev–Trinajstić information content (AvgIpc) is 2.73. The monoisotopic (exact) mass is 444 g/mol. The van der Waals surface area contributed by atoms with Crippen LogP contribution in [0.5, 0.6) is 11.5 Å². The summed E-state index contributed by atoms with van der Waals surface area (Å²) in [7, 11) is 0. The van der Waals surface area contributed by atoms with Gasteiger partial charge in [-0.1, -0.05) is 50.7 Å². The molecular formula is C24H32N2O6. The van der Waals surface area contributed by atoms with Crippen LogP contribution in [0.2, 0.25) is 0 Å². The van der Waals surface area contributed by atoms with Gasteiger partial charge in [-0.3, -0.25) is 20.2 Å². The quantitative estimate of drug-likeness (QED) is 0.208. The molecule has 2 aromatic carbocycles. The van der Waals surface area contributed by atoms with Crippen molar-refractivity contribution >= 4 is 11.4 Å². The van der Waals surface area contributed by atoms with E-state index in [9.17, 15) is 30.4 Å². The predicted molar refractivity (Wildman–Crippen MR) is 123 cm³/mol. The van der Waals surface area contributed by atoms with Crippen molar-refractivity contribution in [1.82, 2.24) is 0 Å². The van der Waals surface area contributed by atoms with Gasteiger partial charge in [0.15, 0.2) is 11.5 Å². The third kappa shape index (κ3) is 6.67. The van der Waals surface area contributed by atoms with E-state index in [1.165, 1.54) is 12.1 Å². The van der Waals surface area contributed by atoms with Crippen molar-refractivity contribution in [1.29, 1.82) is 0 Å². The molecule has 0 fully saturated rings. The lowest BCUT2D eigenvalue weighted by Crippen LogP contribution is -1.99. The van der Waals surface area contributed by atoms with Crippen molar-refractivity contribution in [2.45, 2.75) is 78.1 Å². The van der Waals surface area contributed by atoms with E-state index in [0.717, 1.165) is 62.5 Å². The molecule has 32 heavy (non-hydrogen) atoms. The van der Waals surface area contributed by atoms with Gasteiger partial charge in [-0.05, 0) is 62.8 Å². The Labute approximate surface area is 188 Å². The van der Waals surface area contributed by atoms with E-state index in [4.69, 9.17) is 0 Å². The lowest BCUT2D eigenvalue weighted by Gasteiger charge is -2.09. The molecule has 0 heterocycles. The Morgan fingerprint density at radius 2 is 0.938 bits per heavy atom. The van der Waals surface area contributed by atoms with Gasteiger partial charge in [0.2, 0.25) is 0 Å². The van der Waals surface area contributed by atoms with Gasteiger partial charge in [-0.2, -0.15) is 0 Å². The maximum atomic E-state index is 11.2. The van der Waals surface area contributed by atoms with Crippen LogP contribution >= 0.6 is 0 Å². The number of nitrogens with zero attached hydrogens (tertiary/aromatic N) is 2. The Morgan fingerprint density at radius 3 is 1.25 bits per heavy atom. The van der Waals surface area contributed by atoms with Crippen molar-refractivity contribution in [2.75, 3.05) is 0 Å². The first-order chi connectivity index (χ1) is 15.2. The van der Waals surface area contributed by atoms with Gasteiger partial charge >= 0.3 is 11.4 Å². The van der Waals surface area contributed by atoms with Gasteiger partial charge in [0.25, 0.3) is 0 Å². The third-order valence-corrected chi connectivity index (χ3v) is 5.96. The van der Waals surface area contributed by atoms with Gasteiger partial charge in [0.1, 0.15) is 0 Å². The molecule has 0 aliphatic rings. The second-order valence-corrected chi connectivity index (χ2v) is 8.30. The van der Waals surface area contributed by atoms with Crippen LogP contribution in [0, 0.1) is 34.1 Å². The summed E-state index contributed by atoms with van der Waals surface area (Å²) < 4.78 is 0. The molecule has 8 nitrogen and oxygen atoms in total. The summed E-state index contributed by atoms with van der Waals surface area (Å²) in [5, 5.41) is 42.0. The molecule has 0 atom stereocenters. The molecule has 174 valence electrons. The third-order valence-electron chi connectivity index (χ3n) is 5.96. The molecular weight excluding hydrogens is 412 g/mol. The first kappa shape index (κ1) is 25.1. The molecule has 0 bridgehead atoms. The Balaban J connectivity index is 1.66. The highest BCUT2D eigenvalue weighted by Gasteiger charge is 2.22. The van der Waals surface area contributed by atoms with Crippen LogP contribution in [0.4, 0.5) is 11.4 Å². The fraction of sp³-hybridized carbons (Fsp3) is 0.500. The van der Waals surface area contributed by atoms with Gasteiger partial charge in [-0.25, -0.2) is 0 Å². The maximum absolute atomic E-state index is 11.2. The molecule has 2 aromatic rings. The zero-order chi connectivity index (χ0) is 23.7. The number of benzene rings is 2. The molecule has 0 aliphatic carbocycles. The Morgan fingerprint density at radius 1 is 0.625 bits per heavy atom. The summed E-state index contributed by atoms with van der Waals surface area (Å²) in [4.78, 5) is 21.4. The molecule has 0 unspecified atom stereocenters. The molecule has 2 N–H and O–H groups in total. The van der Waals surface area contributed by atoms with Crippen LogP contribution in [-0.4, -0.2) is 20.1 Å². The first-order valence-corrected chi connectivity index (χ1v) is 11.2. The molecule has 0 amide bonds. The smallest absolute Gasteiger partial charge is 0.314 e. The lowest BCUT2D eigenvalue weighted by molar-refractivity contribution is -0.386. The van der Waals surface area contributed by atoms with Crippen molar-refractivity contribution < 1.29 is 20.1 Å². The summed E-state index contributed by atoms with van der Waals surface area (Å²) in [5.74, 6) is -0.552. The fourth-order valence-corrected chi connectivity index (χ4v) is 4.15. The Hall–Kier alpha value is -3.16. The van der Waals surface area contributed by atoms with Crippen molar-refractivity contribution in [2.24, 2.45) is 0 Å². The molecule has 0 radical (unpaired) electrons. The maximum Gasteiger partial charge on any atom is 0.314 e. The van der Waals surface area contributed by atoms with E-state index in [1.807, 2.05) is 13.8 Å². The second-order valence-electron chi connectivity index (χ2n) is 8.30. The number of phenols is 2. The average molecular weight is 445 g/mol. The number of unbranched alkanes of at least 4 members (excludes halogenated alkanes) is 7. The SMILES string of the molecule is Cc1ccc(O)c([N+](=O)[O-])c1CCCCCCCCCCc1c(C)ccc(O)c1[N+](=O)[O-]. The van der Waals surface area contributed by atoms with Crippen molar-refractivity contribution in [3.63, 3.8) is 0 Å². The van der Waals surface area contributed by atoms with E-state index >= 15 is 0 Å². The highest BCUT2D eigenvalue weighted by molar-refractivity contribution is 5.56. The summed E-state index contributed by atoms with van der Waals surface area (Å²) in [6.07, 6.45) is 9.03. The molecule has 0 saturated carbocycles. The largest absolute Gasteiger partial charge is 0.502 e. The summed E-state index contributed by atoms with van der Waals surface area (Å²) in [5.41, 5.74) is 2.55. The highest BCUT2D eigenvalue weighted by atomic mass is 16.6. The molecule has 2 rings (SSSR count). The van der Waals surface area contributed by atoms with E-state index < -0.39 is 9.85 Å². The lowest BCUT2D eigenvalue weighted by atomic mass is 9.98. The van der Waals surface area contributed by atoms with E-state index in [2.05, 4.69) is 0 Å². The van der Waals surface area contributed by atoms with E-state index in [0.29, 0.717) is 24.0 Å². The van der Waals surface area contributed by atoms with Gasteiger partial charge in [0.05, 0.1) is 9.85 Å². The number of aromatic hydroxyl groups is 2. The number of nitro groups is 2. The number of hydrogen-bond acceptors (Lipinski definition) is 6. The topological polar surface area (TPSA) is 127 Å². The highest BCUT2D eigenvalue weighted by Crippen LogP contribution is 2.34. The minimum absolute atomic E-state index is 0.174. The van der Waals surface area contributed by atoms with Crippen LogP contribution in [0.25, 0.3) is 0 Å². The van der Waals surface area contributed by atoms with Crippen LogP contribution in [-0.2, 0) is 12.8 Å². The zero-order valence-corrected chi connectivity index (χ0v) is 18.8. The van der Waals surface area contributed by atoms with Crippen LogP contribution in [0.3, 0.4) is 0 Å². The number of rotatable bonds is 13. The number of nitro benzene ring substituents is 2. The predicted octanol–water partition coefficient (Wildman–Crippen LogP) is 6.44. The molecule has 0 spiro atoms. The normalized spacial score (nSPS) is 10.9. The second kappa shape index (κ2) is 12.0. The molecule has 0 aromatic heterocycles. The fourth-order valence-electron chi connectivity index (χ4n) is 4.15. The minimum Gasteiger partial charge on any atom is -0.502 e. The molecule has 8 heteroatoms. The summed E-state index contributed by atoms with van der Waals surface area (Å²) in [6, 6.07) is 6.17. The van der Waals surface area contributed by atoms with Crippen LogP contribution < -0.4 is 0 Å². The standard InChI is InChI=1S/C24H32N2O6/c1-17-13-15-21(27)23(25(29)30)19(17)11-9-7-5-3-4-6-8-10-12-20-18(2)14-16-22(28)24(20)26(31)32/h13-16,27-28H,3-12H2,1-2H3. The minimum atomic E-state index is -0.509. The number of phenolic OH excluding ortho intramolecular Hbond substituents is 2. The molecule has 0 aliphatic heterocycles. The van der Waals surface area contributed by atoms with E-state index in [-0.39, 0.29) is 22.9 Å². The van der Waals surface area contributed by atoms with Gasteiger partial charge in [-0.15, -0.1) is 0 Å². The first-order valence-electron chi connectivity index (χ1n) is 11.2. The Kier molecular flexibility index (Phi) is 9.43. The van der Waals surface area contributed by atoms with Crippen molar-refractivity contribution in [3.05, 3.63) is 66.7 Å².